The van der Waals surface area contributed by atoms with Gasteiger partial charge in [0.05, 0.1) is 13.1 Å². The SMILES string of the molecule is CCCCCCCCCCCCCCCCCCCn1cc[n+](CCCc2ccccc2)c1CCCCCCCCCCCCCCCC. The fourth-order valence-corrected chi connectivity index (χ4v) is 7.78. The second-order valence-electron chi connectivity index (χ2n) is 15.7. The van der Waals surface area contributed by atoms with Crippen molar-refractivity contribution >= 4 is 0 Å². The first kappa shape index (κ1) is 43.6. The molecule has 2 nitrogen and oxygen atoms in total. The van der Waals surface area contributed by atoms with Crippen LogP contribution in [0.2, 0.25) is 0 Å². The zero-order valence-corrected chi connectivity index (χ0v) is 33.4. The number of rotatable bonds is 37. The average Bonchev–Trinajstić information content (AvgIpc) is 3.51. The van der Waals surface area contributed by atoms with Gasteiger partial charge in [-0.3, -0.25) is 0 Å². The summed E-state index contributed by atoms with van der Waals surface area (Å²) in [5, 5.41) is 0. The van der Waals surface area contributed by atoms with E-state index in [2.05, 4.69) is 65.7 Å². The summed E-state index contributed by atoms with van der Waals surface area (Å²) in [5.74, 6) is 1.59. The largest absolute Gasteiger partial charge is 0.256 e. The minimum absolute atomic E-state index is 1.15. The third kappa shape index (κ3) is 25.1. The lowest BCUT2D eigenvalue weighted by Crippen LogP contribution is -2.37. The minimum Gasteiger partial charge on any atom is -0.234 e. The standard InChI is InChI=1S/C47H85N2/c1-3-5-7-9-11-13-15-17-19-20-21-23-25-27-29-31-36-42-48-44-45-49(43-37-40-46-38-33-32-34-39-46)47(48)41-35-30-28-26-24-22-18-16-14-12-10-8-6-4-2/h32-34,38-39,44-45H,3-31,35-37,40-43H2,1-2H3/q+1. The van der Waals surface area contributed by atoms with Gasteiger partial charge in [-0.05, 0) is 37.7 Å². The van der Waals surface area contributed by atoms with E-state index in [-0.39, 0.29) is 0 Å². The van der Waals surface area contributed by atoms with E-state index in [1.165, 1.54) is 230 Å². The summed E-state index contributed by atoms with van der Waals surface area (Å²) in [6.45, 7) is 6.98. The van der Waals surface area contributed by atoms with Crippen LogP contribution in [0.4, 0.5) is 0 Å². The van der Waals surface area contributed by atoms with Crippen molar-refractivity contribution in [2.45, 2.75) is 245 Å². The van der Waals surface area contributed by atoms with E-state index in [0.29, 0.717) is 0 Å². The fraction of sp³-hybridized carbons (Fsp3) is 0.809. The number of hydrogen-bond donors (Lipinski definition) is 0. The Morgan fingerprint density at radius 2 is 0.796 bits per heavy atom. The van der Waals surface area contributed by atoms with Gasteiger partial charge in [0.2, 0.25) is 0 Å². The second-order valence-corrected chi connectivity index (χ2v) is 15.7. The summed E-state index contributed by atoms with van der Waals surface area (Å²) >= 11 is 0. The molecule has 1 aromatic carbocycles. The average molecular weight is 678 g/mol. The van der Waals surface area contributed by atoms with Gasteiger partial charge in [0, 0.05) is 6.42 Å². The highest BCUT2D eigenvalue weighted by Crippen LogP contribution is 2.16. The third-order valence-electron chi connectivity index (χ3n) is 11.1. The Balaban J connectivity index is 1.56. The minimum atomic E-state index is 1.15. The van der Waals surface area contributed by atoms with E-state index in [9.17, 15) is 0 Å². The van der Waals surface area contributed by atoms with Crippen LogP contribution in [-0.4, -0.2) is 4.57 Å². The molecule has 2 rings (SSSR count). The number of imidazole rings is 1. The summed E-state index contributed by atoms with van der Waals surface area (Å²) in [4.78, 5) is 0. The van der Waals surface area contributed by atoms with Crippen LogP contribution >= 0.6 is 0 Å². The van der Waals surface area contributed by atoms with Crippen LogP contribution in [0.1, 0.15) is 231 Å². The van der Waals surface area contributed by atoms with Crippen molar-refractivity contribution in [2.75, 3.05) is 0 Å². The lowest BCUT2D eigenvalue weighted by atomic mass is 10.0. The summed E-state index contributed by atoms with van der Waals surface area (Å²) in [5.41, 5.74) is 1.47. The lowest BCUT2D eigenvalue weighted by Gasteiger charge is -2.07. The van der Waals surface area contributed by atoms with Crippen molar-refractivity contribution in [2.24, 2.45) is 0 Å². The molecule has 1 aromatic heterocycles. The Morgan fingerprint density at radius 3 is 1.22 bits per heavy atom. The van der Waals surface area contributed by atoms with E-state index in [0.717, 1.165) is 6.54 Å². The van der Waals surface area contributed by atoms with Gasteiger partial charge in [-0.25, -0.2) is 9.13 Å². The van der Waals surface area contributed by atoms with E-state index >= 15 is 0 Å². The molecule has 282 valence electrons. The Labute approximate surface area is 307 Å². The smallest absolute Gasteiger partial charge is 0.234 e. The quantitative estimate of drug-likeness (QED) is 0.0497. The van der Waals surface area contributed by atoms with E-state index in [1.54, 1.807) is 5.82 Å². The van der Waals surface area contributed by atoms with Crippen molar-refractivity contribution < 1.29 is 4.57 Å². The Hall–Kier alpha value is -1.57. The molecule has 0 unspecified atom stereocenters. The summed E-state index contributed by atoms with van der Waals surface area (Å²) < 4.78 is 5.22. The zero-order chi connectivity index (χ0) is 34.7. The first-order valence-electron chi connectivity index (χ1n) is 22.5. The van der Waals surface area contributed by atoms with Gasteiger partial charge in [-0.1, -0.05) is 224 Å². The van der Waals surface area contributed by atoms with Crippen LogP contribution < -0.4 is 4.57 Å². The Bertz CT molecular complexity index is 931. The molecule has 0 aliphatic heterocycles. The van der Waals surface area contributed by atoms with Crippen molar-refractivity contribution in [1.82, 2.24) is 4.57 Å². The first-order chi connectivity index (χ1) is 24.3. The molecule has 0 radical (unpaired) electrons. The molecule has 49 heavy (non-hydrogen) atoms. The van der Waals surface area contributed by atoms with Gasteiger partial charge in [0.25, 0.3) is 5.82 Å². The number of aromatic nitrogens is 2. The van der Waals surface area contributed by atoms with Gasteiger partial charge < -0.3 is 0 Å². The highest BCUT2D eigenvalue weighted by Gasteiger charge is 2.16. The van der Waals surface area contributed by atoms with E-state index in [4.69, 9.17) is 0 Å². The van der Waals surface area contributed by atoms with Gasteiger partial charge in [-0.2, -0.15) is 0 Å². The van der Waals surface area contributed by atoms with Crippen molar-refractivity contribution in [3.05, 3.63) is 54.1 Å². The number of aryl methyl sites for hydroxylation is 3. The summed E-state index contributed by atoms with van der Waals surface area (Å²) in [6.07, 6.45) is 53.0. The molecule has 2 heteroatoms. The van der Waals surface area contributed by atoms with Gasteiger partial charge in [-0.15, -0.1) is 0 Å². The van der Waals surface area contributed by atoms with Crippen LogP contribution in [0.5, 0.6) is 0 Å². The molecule has 0 spiro atoms. The molecular formula is C47H85N2+. The van der Waals surface area contributed by atoms with Crippen LogP contribution in [0.25, 0.3) is 0 Å². The molecule has 2 aromatic rings. The lowest BCUT2D eigenvalue weighted by molar-refractivity contribution is -0.704. The Morgan fingerprint density at radius 1 is 0.408 bits per heavy atom. The van der Waals surface area contributed by atoms with Crippen LogP contribution in [-0.2, 0) is 25.9 Å². The molecular weight excluding hydrogens is 593 g/mol. The molecule has 0 amide bonds. The monoisotopic (exact) mass is 678 g/mol. The number of nitrogens with zero attached hydrogens (tertiary/aromatic N) is 2. The molecule has 0 aliphatic rings. The second kappa shape index (κ2) is 33.6. The van der Waals surface area contributed by atoms with Gasteiger partial charge in [0.15, 0.2) is 0 Å². The normalized spacial score (nSPS) is 11.6. The van der Waals surface area contributed by atoms with Crippen LogP contribution in [0.15, 0.2) is 42.7 Å². The maximum absolute atomic E-state index is 2.62. The van der Waals surface area contributed by atoms with Crippen molar-refractivity contribution in [3.63, 3.8) is 0 Å². The first-order valence-corrected chi connectivity index (χ1v) is 22.5. The highest BCUT2D eigenvalue weighted by atomic mass is 15.1. The maximum Gasteiger partial charge on any atom is 0.256 e. The highest BCUT2D eigenvalue weighted by molar-refractivity contribution is 5.14. The van der Waals surface area contributed by atoms with Crippen LogP contribution in [0, 0.1) is 0 Å². The molecule has 0 N–H and O–H groups in total. The van der Waals surface area contributed by atoms with Crippen molar-refractivity contribution in [3.8, 4) is 0 Å². The number of unbranched alkanes of at least 4 members (excludes halogenated alkanes) is 29. The molecule has 1 heterocycles. The van der Waals surface area contributed by atoms with Crippen LogP contribution in [0.3, 0.4) is 0 Å². The molecule has 0 aliphatic carbocycles. The third-order valence-corrected chi connectivity index (χ3v) is 11.1. The van der Waals surface area contributed by atoms with E-state index in [1.807, 2.05) is 0 Å². The summed E-state index contributed by atoms with van der Waals surface area (Å²) in [7, 11) is 0. The number of benzene rings is 1. The Kier molecular flexibility index (Phi) is 29.9. The van der Waals surface area contributed by atoms with Gasteiger partial charge >= 0.3 is 0 Å². The van der Waals surface area contributed by atoms with E-state index < -0.39 is 0 Å². The fourth-order valence-electron chi connectivity index (χ4n) is 7.78. The molecule has 0 atom stereocenters. The molecule has 0 saturated heterocycles. The predicted octanol–water partition coefficient (Wildman–Crippen LogP) is 15.1. The maximum atomic E-state index is 2.62. The molecule has 0 saturated carbocycles. The zero-order valence-electron chi connectivity index (χ0n) is 33.4. The predicted molar refractivity (Wildman–Crippen MR) is 218 cm³/mol. The molecule has 0 bridgehead atoms. The van der Waals surface area contributed by atoms with Crippen molar-refractivity contribution in [1.29, 1.82) is 0 Å². The summed E-state index contributed by atoms with van der Waals surface area (Å²) in [6, 6.07) is 11.1. The topological polar surface area (TPSA) is 8.81 Å². The molecule has 0 fully saturated rings. The number of hydrogen-bond acceptors (Lipinski definition) is 0. The van der Waals surface area contributed by atoms with Gasteiger partial charge in [0.1, 0.15) is 12.4 Å².